The third-order valence-corrected chi connectivity index (χ3v) is 4.84. The van der Waals surface area contributed by atoms with Crippen molar-refractivity contribution in [3.8, 4) is 5.75 Å². The zero-order chi connectivity index (χ0) is 12.6. The van der Waals surface area contributed by atoms with Gasteiger partial charge in [-0.25, -0.2) is 0 Å². The summed E-state index contributed by atoms with van der Waals surface area (Å²) in [5, 5.41) is 11.1. The minimum Gasteiger partial charge on any atom is -0.497 e. The van der Waals surface area contributed by atoms with Gasteiger partial charge >= 0.3 is 0 Å². The fourth-order valence-corrected chi connectivity index (χ4v) is 3.77. The van der Waals surface area contributed by atoms with Gasteiger partial charge in [-0.3, -0.25) is 0 Å². The lowest BCUT2D eigenvalue weighted by atomic mass is 9.74. The van der Waals surface area contributed by atoms with E-state index in [-0.39, 0.29) is 0 Å². The van der Waals surface area contributed by atoms with Crippen molar-refractivity contribution < 1.29 is 9.84 Å². The fourth-order valence-electron chi connectivity index (χ4n) is 3.77. The molecule has 2 aliphatic rings. The van der Waals surface area contributed by atoms with Crippen LogP contribution in [0.5, 0.6) is 5.75 Å². The van der Waals surface area contributed by atoms with Crippen molar-refractivity contribution in [1.29, 1.82) is 0 Å². The highest BCUT2D eigenvalue weighted by atomic mass is 16.5. The van der Waals surface area contributed by atoms with Crippen LogP contribution in [0.15, 0.2) is 18.2 Å². The van der Waals surface area contributed by atoms with Crippen molar-refractivity contribution >= 4 is 0 Å². The van der Waals surface area contributed by atoms with Gasteiger partial charge in [0.15, 0.2) is 0 Å². The summed E-state index contributed by atoms with van der Waals surface area (Å²) < 4.78 is 5.31. The zero-order valence-corrected chi connectivity index (χ0v) is 11.1. The first kappa shape index (κ1) is 12.0. The molecule has 2 nitrogen and oxygen atoms in total. The molecule has 1 atom stereocenters. The lowest BCUT2D eigenvalue weighted by molar-refractivity contribution is -0.0370. The molecule has 0 spiro atoms. The standard InChI is InChI=1S/C16H22O2/c1-18-14-8-7-12-9-10-16(17,15(12)11-14)13-5-3-2-4-6-13/h7-8,11,13,17H,2-6,9-10H2,1H3. The van der Waals surface area contributed by atoms with Gasteiger partial charge in [-0.15, -0.1) is 0 Å². The van der Waals surface area contributed by atoms with Crippen LogP contribution in [0, 0.1) is 5.92 Å². The van der Waals surface area contributed by atoms with Crippen molar-refractivity contribution in [1.82, 2.24) is 0 Å². The first-order valence-electron chi connectivity index (χ1n) is 7.14. The number of ether oxygens (including phenoxy) is 1. The molecule has 0 amide bonds. The van der Waals surface area contributed by atoms with E-state index in [4.69, 9.17) is 4.74 Å². The fraction of sp³-hybridized carbons (Fsp3) is 0.625. The van der Waals surface area contributed by atoms with Crippen molar-refractivity contribution in [2.24, 2.45) is 5.92 Å². The number of aliphatic hydroxyl groups is 1. The Hall–Kier alpha value is -1.02. The largest absolute Gasteiger partial charge is 0.497 e. The van der Waals surface area contributed by atoms with Gasteiger partial charge in [-0.1, -0.05) is 25.3 Å². The SMILES string of the molecule is COc1ccc2c(c1)C(O)(C1CCCCC1)CC2. The summed E-state index contributed by atoms with van der Waals surface area (Å²) in [6.07, 6.45) is 8.11. The van der Waals surface area contributed by atoms with Gasteiger partial charge in [-0.05, 0) is 54.9 Å². The second-order valence-corrected chi connectivity index (χ2v) is 5.78. The summed E-state index contributed by atoms with van der Waals surface area (Å²) in [5.74, 6) is 1.31. The van der Waals surface area contributed by atoms with Gasteiger partial charge in [0.1, 0.15) is 5.75 Å². The van der Waals surface area contributed by atoms with E-state index in [0.29, 0.717) is 5.92 Å². The number of aryl methyl sites for hydroxylation is 1. The van der Waals surface area contributed by atoms with Crippen molar-refractivity contribution in [2.75, 3.05) is 7.11 Å². The second-order valence-electron chi connectivity index (χ2n) is 5.78. The van der Waals surface area contributed by atoms with E-state index in [9.17, 15) is 5.11 Å². The quantitative estimate of drug-likeness (QED) is 0.866. The first-order valence-corrected chi connectivity index (χ1v) is 7.14. The maximum atomic E-state index is 11.1. The predicted molar refractivity (Wildman–Crippen MR) is 71.8 cm³/mol. The number of hydrogen-bond donors (Lipinski definition) is 1. The molecule has 0 aromatic heterocycles. The van der Waals surface area contributed by atoms with Crippen molar-refractivity contribution in [3.05, 3.63) is 29.3 Å². The Labute approximate surface area is 109 Å². The van der Waals surface area contributed by atoms with Crippen LogP contribution in [0.4, 0.5) is 0 Å². The van der Waals surface area contributed by atoms with E-state index in [1.165, 1.54) is 37.7 Å². The van der Waals surface area contributed by atoms with Gasteiger partial charge in [-0.2, -0.15) is 0 Å². The third kappa shape index (κ3) is 1.83. The van der Waals surface area contributed by atoms with E-state index in [2.05, 4.69) is 12.1 Å². The lowest BCUT2D eigenvalue weighted by Crippen LogP contribution is -2.34. The van der Waals surface area contributed by atoms with Crippen LogP contribution >= 0.6 is 0 Å². The number of methoxy groups -OCH3 is 1. The topological polar surface area (TPSA) is 29.5 Å². The second kappa shape index (κ2) is 4.58. The molecule has 0 saturated heterocycles. The molecular weight excluding hydrogens is 224 g/mol. The predicted octanol–water partition coefficient (Wildman–Crippen LogP) is 3.41. The van der Waals surface area contributed by atoms with Crippen LogP contribution in [-0.4, -0.2) is 12.2 Å². The summed E-state index contributed by atoms with van der Waals surface area (Å²) in [7, 11) is 1.69. The monoisotopic (exact) mass is 246 g/mol. The summed E-state index contributed by atoms with van der Waals surface area (Å²) in [5.41, 5.74) is 1.85. The zero-order valence-electron chi connectivity index (χ0n) is 11.1. The van der Waals surface area contributed by atoms with Crippen LogP contribution in [-0.2, 0) is 12.0 Å². The number of rotatable bonds is 2. The minimum absolute atomic E-state index is 0.444. The van der Waals surface area contributed by atoms with Crippen molar-refractivity contribution in [3.63, 3.8) is 0 Å². The highest BCUT2D eigenvalue weighted by molar-refractivity contribution is 5.43. The maximum absolute atomic E-state index is 11.1. The van der Waals surface area contributed by atoms with Crippen LogP contribution in [0.1, 0.15) is 49.7 Å². The molecule has 18 heavy (non-hydrogen) atoms. The van der Waals surface area contributed by atoms with Gasteiger partial charge < -0.3 is 9.84 Å². The van der Waals surface area contributed by atoms with E-state index in [0.717, 1.165) is 24.2 Å². The van der Waals surface area contributed by atoms with E-state index in [1.807, 2.05) is 6.07 Å². The average Bonchev–Trinajstić information content (AvgIpc) is 2.78. The van der Waals surface area contributed by atoms with E-state index < -0.39 is 5.60 Å². The normalized spacial score (nSPS) is 28.1. The Morgan fingerprint density at radius 1 is 1.22 bits per heavy atom. The number of hydrogen-bond acceptors (Lipinski definition) is 2. The van der Waals surface area contributed by atoms with Gasteiger partial charge in [0.2, 0.25) is 0 Å². The van der Waals surface area contributed by atoms with Crippen molar-refractivity contribution in [2.45, 2.75) is 50.5 Å². The molecule has 1 unspecified atom stereocenters. The molecule has 0 heterocycles. The molecular formula is C16H22O2. The molecule has 98 valence electrons. The highest BCUT2D eigenvalue weighted by Gasteiger charge is 2.43. The molecule has 1 N–H and O–H groups in total. The van der Waals surface area contributed by atoms with Crippen LogP contribution in [0.3, 0.4) is 0 Å². The molecule has 1 aromatic rings. The molecule has 1 aromatic carbocycles. The van der Waals surface area contributed by atoms with E-state index >= 15 is 0 Å². The Morgan fingerprint density at radius 2 is 2.00 bits per heavy atom. The molecule has 0 bridgehead atoms. The van der Waals surface area contributed by atoms with Crippen LogP contribution in [0.2, 0.25) is 0 Å². The number of benzene rings is 1. The summed E-state index contributed by atoms with van der Waals surface area (Å²) in [4.78, 5) is 0. The Balaban J connectivity index is 1.95. The molecule has 0 aliphatic heterocycles. The molecule has 2 heteroatoms. The Kier molecular flexibility index (Phi) is 3.06. The van der Waals surface area contributed by atoms with Crippen LogP contribution < -0.4 is 4.74 Å². The maximum Gasteiger partial charge on any atom is 0.119 e. The first-order chi connectivity index (χ1) is 8.74. The van der Waals surface area contributed by atoms with Gasteiger partial charge in [0, 0.05) is 0 Å². The molecule has 3 rings (SSSR count). The third-order valence-electron chi connectivity index (χ3n) is 4.84. The highest BCUT2D eigenvalue weighted by Crippen LogP contribution is 2.48. The van der Waals surface area contributed by atoms with Gasteiger partial charge in [0.25, 0.3) is 0 Å². The number of fused-ring (bicyclic) bond motifs is 1. The summed E-state index contributed by atoms with van der Waals surface area (Å²) in [6, 6.07) is 6.18. The Morgan fingerprint density at radius 3 is 2.72 bits per heavy atom. The Bertz CT molecular complexity index is 435. The van der Waals surface area contributed by atoms with E-state index in [1.54, 1.807) is 7.11 Å². The molecule has 0 radical (unpaired) electrons. The minimum atomic E-state index is -0.593. The van der Waals surface area contributed by atoms with Crippen LogP contribution in [0.25, 0.3) is 0 Å². The molecule has 2 aliphatic carbocycles. The summed E-state index contributed by atoms with van der Waals surface area (Å²) >= 11 is 0. The van der Waals surface area contributed by atoms with Gasteiger partial charge in [0.05, 0.1) is 12.7 Å². The molecule has 1 fully saturated rings. The average molecular weight is 246 g/mol. The molecule has 1 saturated carbocycles. The summed E-state index contributed by atoms with van der Waals surface area (Å²) in [6.45, 7) is 0. The lowest BCUT2D eigenvalue weighted by Gasteiger charge is -2.36. The smallest absolute Gasteiger partial charge is 0.119 e.